The van der Waals surface area contributed by atoms with Crippen LogP contribution in [0.15, 0.2) is 59.5 Å². The monoisotopic (exact) mass is 243 g/mol. The molecule has 0 saturated carbocycles. The van der Waals surface area contributed by atoms with Gasteiger partial charge in [-0.3, -0.25) is 9.59 Å². The van der Waals surface area contributed by atoms with E-state index in [2.05, 4.69) is 0 Å². The molecular formula is C13H9NO4. The summed E-state index contributed by atoms with van der Waals surface area (Å²) in [6.45, 7) is 0. The highest BCUT2D eigenvalue weighted by molar-refractivity contribution is 6.33. The van der Waals surface area contributed by atoms with Gasteiger partial charge in [-0.2, -0.15) is 0 Å². The number of hydrogen-bond acceptors (Lipinski definition) is 4. The summed E-state index contributed by atoms with van der Waals surface area (Å²) in [5.41, 5.74) is -0.576. The molecule has 0 aliphatic rings. The van der Waals surface area contributed by atoms with Crippen LogP contribution in [-0.4, -0.2) is 16.4 Å². The van der Waals surface area contributed by atoms with Gasteiger partial charge in [0.05, 0.1) is 0 Å². The van der Waals surface area contributed by atoms with Crippen molar-refractivity contribution in [2.24, 2.45) is 0 Å². The third-order valence-electron chi connectivity index (χ3n) is 2.17. The first-order valence-electron chi connectivity index (χ1n) is 5.18. The first kappa shape index (κ1) is 11.8. The Kier molecular flexibility index (Phi) is 3.33. The maximum Gasteiger partial charge on any atom is 0.403 e. The predicted octanol–water partition coefficient (Wildman–Crippen LogP) is 1.09. The molecule has 1 aromatic carbocycles. The molecule has 1 aromatic heterocycles. The number of esters is 1. The highest BCUT2D eigenvalue weighted by atomic mass is 16.5. The number of nitrogens with zero attached hydrogens (tertiary/aromatic N) is 1. The highest BCUT2D eigenvalue weighted by Crippen LogP contribution is 2.08. The van der Waals surface area contributed by atoms with E-state index in [9.17, 15) is 14.4 Å². The Morgan fingerprint density at radius 1 is 0.944 bits per heavy atom. The molecule has 0 aliphatic carbocycles. The van der Waals surface area contributed by atoms with Crippen molar-refractivity contribution < 1.29 is 14.3 Å². The molecule has 0 saturated heterocycles. The van der Waals surface area contributed by atoms with Gasteiger partial charge in [0.25, 0.3) is 5.56 Å². The lowest BCUT2D eigenvalue weighted by Gasteiger charge is -2.04. The van der Waals surface area contributed by atoms with E-state index in [0.29, 0.717) is 4.57 Å². The van der Waals surface area contributed by atoms with Crippen molar-refractivity contribution >= 4 is 11.9 Å². The van der Waals surface area contributed by atoms with Crippen molar-refractivity contribution in [3.8, 4) is 5.75 Å². The lowest BCUT2D eigenvalue weighted by atomic mass is 10.3. The summed E-state index contributed by atoms with van der Waals surface area (Å²) in [6.07, 6.45) is 1.22. The van der Waals surface area contributed by atoms with Crippen LogP contribution < -0.4 is 10.3 Å². The van der Waals surface area contributed by atoms with Crippen molar-refractivity contribution in [1.29, 1.82) is 0 Å². The molecule has 0 fully saturated rings. The van der Waals surface area contributed by atoms with Crippen molar-refractivity contribution in [1.82, 2.24) is 4.57 Å². The van der Waals surface area contributed by atoms with E-state index in [1.165, 1.54) is 24.4 Å². The molecule has 0 aliphatic heterocycles. The largest absolute Gasteiger partial charge is 0.419 e. The van der Waals surface area contributed by atoms with Crippen LogP contribution in [0.3, 0.4) is 0 Å². The zero-order valence-electron chi connectivity index (χ0n) is 9.28. The van der Waals surface area contributed by atoms with Crippen LogP contribution in [0, 0.1) is 0 Å². The van der Waals surface area contributed by atoms with Crippen LogP contribution in [0.1, 0.15) is 4.79 Å². The molecule has 0 atom stereocenters. The van der Waals surface area contributed by atoms with Crippen molar-refractivity contribution in [3.05, 3.63) is 65.1 Å². The van der Waals surface area contributed by atoms with Crippen LogP contribution in [0.4, 0.5) is 0 Å². The zero-order chi connectivity index (χ0) is 13.0. The number of para-hydroxylation sites is 1. The Morgan fingerprint density at radius 3 is 2.28 bits per heavy atom. The third kappa shape index (κ3) is 2.52. The van der Waals surface area contributed by atoms with Crippen LogP contribution in [0.5, 0.6) is 5.75 Å². The summed E-state index contributed by atoms with van der Waals surface area (Å²) in [5, 5.41) is 0. The Hall–Kier alpha value is -2.69. The first-order valence-corrected chi connectivity index (χ1v) is 5.18. The highest BCUT2D eigenvalue weighted by Gasteiger charge is 2.19. The Morgan fingerprint density at radius 2 is 1.61 bits per heavy atom. The molecule has 1 heterocycles. The number of benzene rings is 1. The summed E-state index contributed by atoms with van der Waals surface area (Å²) < 4.78 is 5.54. The summed E-state index contributed by atoms with van der Waals surface area (Å²) in [6, 6.07) is 12.3. The molecule has 5 heteroatoms. The smallest absolute Gasteiger partial charge is 0.403 e. The molecule has 90 valence electrons. The van der Waals surface area contributed by atoms with Crippen LogP contribution >= 0.6 is 0 Å². The molecule has 0 spiro atoms. The van der Waals surface area contributed by atoms with Gasteiger partial charge in [0.2, 0.25) is 0 Å². The van der Waals surface area contributed by atoms with E-state index in [4.69, 9.17) is 4.74 Å². The molecule has 2 aromatic rings. The van der Waals surface area contributed by atoms with E-state index < -0.39 is 17.4 Å². The van der Waals surface area contributed by atoms with Gasteiger partial charge in [-0.25, -0.2) is 9.36 Å². The number of carbonyl (C=O) groups excluding carboxylic acids is 2. The number of carbonyl (C=O) groups is 2. The fraction of sp³-hybridized carbons (Fsp3) is 0. The van der Waals surface area contributed by atoms with E-state index in [-0.39, 0.29) is 5.75 Å². The third-order valence-corrected chi connectivity index (χ3v) is 2.17. The summed E-state index contributed by atoms with van der Waals surface area (Å²) >= 11 is 0. The summed E-state index contributed by atoms with van der Waals surface area (Å²) in [5.74, 6) is -1.88. The van der Waals surface area contributed by atoms with Crippen molar-refractivity contribution in [2.45, 2.75) is 0 Å². The molecule has 18 heavy (non-hydrogen) atoms. The number of ether oxygens (including phenoxy) is 1. The van der Waals surface area contributed by atoms with Gasteiger partial charge in [0, 0.05) is 12.3 Å². The molecule has 0 radical (unpaired) electrons. The molecular weight excluding hydrogens is 234 g/mol. The average Bonchev–Trinajstić information content (AvgIpc) is 2.39. The first-order chi connectivity index (χ1) is 8.68. The molecule has 0 bridgehead atoms. The van der Waals surface area contributed by atoms with E-state index in [1.807, 2.05) is 0 Å². The maximum absolute atomic E-state index is 11.7. The zero-order valence-corrected chi connectivity index (χ0v) is 9.28. The van der Waals surface area contributed by atoms with E-state index in [1.54, 1.807) is 30.3 Å². The quantitative estimate of drug-likeness (QED) is 0.427. The van der Waals surface area contributed by atoms with Gasteiger partial charge in [0.1, 0.15) is 5.75 Å². The SMILES string of the molecule is O=C(Oc1ccccc1)C(=O)n1ccccc1=O. The number of pyridine rings is 1. The maximum atomic E-state index is 11.7. The normalized spacial score (nSPS) is 9.78. The van der Waals surface area contributed by atoms with Gasteiger partial charge in [0.15, 0.2) is 0 Å². The fourth-order valence-corrected chi connectivity index (χ4v) is 1.33. The Bertz CT molecular complexity index is 631. The van der Waals surface area contributed by atoms with Crippen molar-refractivity contribution in [2.75, 3.05) is 0 Å². The van der Waals surface area contributed by atoms with Crippen molar-refractivity contribution in [3.63, 3.8) is 0 Å². The minimum absolute atomic E-state index is 0.250. The number of rotatable bonds is 1. The minimum atomic E-state index is -1.10. The predicted molar refractivity (Wildman–Crippen MR) is 63.4 cm³/mol. The number of aromatic nitrogens is 1. The van der Waals surface area contributed by atoms with Gasteiger partial charge < -0.3 is 4.74 Å². The van der Waals surface area contributed by atoms with Gasteiger partial charge in [-0.1, -0.05) is 24.3 Å². The standard InChI is InChI=1S/C13H9NO4/c15-11-8-4-5-9-14(11)12(16)13(17)18-10-6-2-1-3-7-10/h1-9H. The second-order valence-electron chi connectivity index (χ2n) is 3.42. The van der Waals surface area contributed by atoms with E-state index in [0.717, 1.165) is 0 Å². The lowest BCUT2D eigenvalue weighted by molar-refractivity contribution is -0.130. The summed E-state index contributed by atoms with van der Waals surface area (Å²) in [7, 11) is 0. The Labute approximate surface area is 102 Å². The Balaban J connectivity index is 2.18. The lowest BCUT2D eigenvalue weighted by Crippen LogP contribution is -2.33. The minimum Gasteiger partial charge on any atom is -0.419 e. The molecule has 0 unspecified atom stereocenters. The van der Waals surface area contributed by atoms with Gasteiger partial charge in [-0.05, 0) is 18.2 Å². The number of hydrogen-bond donors (Lipinski definition) is 0. The van der Waals surface area contributed by atoms with Gasteiger partial charge in [-0.15, -0.1) is 0 Å². The van der Waals surface area contributed by atoms with Crippen LogP contribution in [-0.2, 0) is 4.79 Å². The summed E-state index contributed by atoms with van der Waals surface area (Å²) in [4.78, 5) is 34.5. The fourth-order valence-electron chi connectivity index (χ4n) is 1.33. The molecule has 0 amide bonds. The second-order valence-corrected chi connectivity index (χ2v) is 3.42. The van der Waals surface area contributed by atoms with E-state index >= 15 is 0 Å². The average molecular weight is 243 g/mol. The molecule has 0 N–H and O–H groups in total. The van der Waals surface area contributed by atoms with Crippen LogP contribution in [0.2, 0.25) is 0 Å². The second kappa shape index (κ2) is 5.09. The molecule has 5 nitrogen and oxygen atoms in total. The van der Waals surface area contributed by atoms with Crippen LogP contribution in [0.25, 0.3) is 0 Å². The molecule has 2 rings (SSSR count). The van der Waals surface area contributed by atoms with Gasteiger partial charge >= 0.3 is 11.9 Å². The topological polar surface area (TPSA) is 65.4 Å².